The average Bonchev–Trinajstić information content (AvgIpc) is 2.60. The molecule has 0 saturated heterocycles. The average molecular weight is 206 g/mol. The van der Waals surface area contributed by atoms with Crippen molar-refractivity contribution in [1.29, 1.82) is 0 Å². The SMILES string of the molecule is COc1ccn2c(CC(=O)O)ncc2c1. The Morgan fingerprint density at radius 2 is 2.47 bits per heavy atom. The number of imidazole rings is 1. The molecule has 78 valence electrons. The van der Waals surface area contributed by atoms with Gasteiger partial charge < -0.3 is 14.2 Å². The van der Waals surface area contributed by atoms with Gasteiger partial charge in [-0.3, -0.25) is 4.79 Å². The van der Waals surface area contributed by atoms with Crippen LogP contribution in [0.4, 0.5) is 0 Å². The largest absolute Gasteiger partial charge is 0.497 e. The fourth-order valence-electron chi connectivity index (χ4n) is 1.43. The van der Waals surface area contributed by atoms with E-state index >= 15 is 0 Å². The maximum Gasteiger partial charge on any atom is 0.311 e. The standard InChI is InChI=1S/C10H10N2O3/c1-15-8-2-3-12-7(4-8)6-11-9(12)5-10(13)14/h2-4,6H,5H2,1H3,(H,13,14). The molecule has 2 aromatic heterocycles. The maximum atomic E-state index is 10.6. The van der Waals surface area contributed by atoms with Gasteiger partial charge >= 0.3 is 5.97 Å². The first-order valence-electron chi connectivity index (χ1n) is 4.42. The molecule has 5 nitrogen and oxygen atoms in total. The van der Waals surface area contributed by atoms with Gasteiger partial charge in [0.05, 0.1) is 18.8 Å². The number of hydrogen-bond donors (Lipinski definition) is 1. The van der Waals surface area contributed by atoms with E-state index in [0.717, 1.165) is 11.3 Å². The summed E-state index contributed by atoms with van der Waals surface area (Å²) in [5.74, 6) is 0.350. The first-order chi connectivity index (χ1) is 7.20. The van der Waals surface area contributed by atoms with E-state index < -0.39 is 5.97 Å². The Labute approximate surface area is 85.9 Å². The Morgan fingerprint density at radius 3 is 3.13 bits per heavy atom. The number of ether oxygens (including phenoxy) is 1. The van der Waals surface area contributed by atoms with Gasteiger partial charge in [0.15, 0.2) is 0 Å². The lowest BCUT2D eigenvalue weighted by Crippen LogP contribution is -2.04. The van der Waals surface area contributed by atoms with Gasteiger partial charge in [-0.2, -0.15) is 0 Å². The molecule has 15 heavy (non-hydrogen) atoms. The molecule has 0 atom stereocenters. The summed E-state index contributed by atoms with van der Waals surface area (Å²) in [4.78, 5) is 14.6. The lowest BCUT2D eigenvalue weighted by Gasteiger charge is -2.01. The highest BCUT2D eigenvalue weighted by molar-refractivity contribution is 5.69. The predicted molar refractivity (Wildman–Crippen MR) is 53.1 cm³/mol. The van der Waals surface area contributed by atoms with Gasteiger partial charge in [-0.05, 0) is 6.07 Å². The minimum atomic E-state index is -0.890. The molecule has 0 radical (unpaired) electrons. The normalized spacial score (nSPS) is 10.5. The lowest BCUT2D eigenvalue weighted by atomic mass is 10.3. The van der Waals surface area contributed by atoms with Gasteiger partial charge in [-0.25, -0.2) is 4.98 Å². The summed E-state index contributed by atoms with van der Waals surface area (Å²) in [5, 5.41) is 8.67. The van der Waals surface area contributed by atoms with E-state index in [9.17, 15) is 4.79 Å². The Morgan fingerprint density at radius 1 is 1.67 bits per heavy atom. The molecule has 0 aliphatic heterocycles. The molecule has 0 aliphatic carbocycles. The third kappa shape index (κ3) is 1.76. The summed E-state index contributed by atoms with van der Waals surface area (Å²) in [6.45, 7) is 0. The number of fused-ring (bicyclic) bond motifs is 1. The van der Waals surface area contributed by atoms with E-state index in [2.05, 4.69) is 4.98 Å². The summed E-state index contributed by atoms with van der Waals surface area (Å²) in [6, 6.07) is 3.57. The number of methoxy groups -OCH3 is 1. The van der Waals surface area contributed by atoms with Crippen LogP contribution in [0.2, 0.25) is 0 Å². The minimum Gasteiger partial charge on any atom is -0.497 e. The second kappa shape index (κ2) is 3.61. The molecule has 0 aromatic carbocycles. The third-order valence-corrected chi connectivity index (χ3v) is 2.13. The topological polar surface area (TPSA) is 63.8 Å². The van der Waals surface area contributed by atoms with Crippen molar-refractivity contribution in [2.24, 2.45) is 0 Å². The molecule has 0 spiro atoms. The number of aromatic nitrogens is 2. The monoisotopic (exact) mass is 206 g/mol. The molecule has 0 unspecified atom stereocenters. The molecule has 1 N–H and O–H groups in total. The second-order valence-electron chi connectivity index (χ2n) is 3.11. The van der Waals surface area contributed by atoms with Crippen molar-refractivity contribution in [2.45, 2.75) is 6.42 Å². The predicted octanol–water partition coefficient (Wildman–Crippen LogP) is 0.970. The van der Waals surface area contributed by atoms with Crippen molar-refractivity contribution in [2.75, 3.05) is 7.11 Å². The molecule has 0 fully saturated rings. The van der Waals surface area contributed by atoms with Crippen molar-refractivity contribution in [3.8, 4) is 5.75 Å². The fraction of sp³-hybridized carbons (Fsp3) is 0.200. The van der Waals surface area contributed by atoms with Crippen LogP contribution in [-0.2, 0) is 11.2 Å². The molecule has 2 aromatic rings. The Hall–Kier alpha value is -2.04. The van der Waals surface area contributed by atoms with Crippen LogP contribution >= 0.6 is 0 Å². The summed E-state index contributed by atoms with van der Waals surface area (Å²) < 4.78 is 6.79. The molecular formula is C10H10N2O3. The van der Waals surface area contributed by atoms with Gasteiger partial charge in [0.25, 0.3) is 0 Å². The first-order valence-corrected chi connectivity index (χ1v) is 4.42. The van der Waals surface area contributed by atoms with Crippen LogP contribution in [-0.4, -0.2) is 27.6 Å². The summed E-state index contributed by atoms with van der Waals surface area (Å²) in [5.41, 5.74) is 0.825. The van der Waals surface area contributed by atoms with E-state index in [4.69, 9.17) is 9.84 Å². The zero-order valence-corrected chi connectivity index (χ0v) is 8.17. The minimum absolute atomic E-state index is 0.0828. The highest BCUT2D eigenvalue weighted by Gasteiger charge is 2.07. The lowest BCUT2D eigenvalue weighted by molar-refractivity contribution is -0.136. The van der Waals surface area contributed by atoms with Crippen LogP contribution < -0.4 is 4.74 Å². The number of carbonyl (C=O) groups is 1. The Bertz CT molecular complexity index is 504. The van der Waals surface area contributed by atoms with Gasteiger partial charge in [-0.1, -0.05) is 0 Å². The van der Waals surface area contributed by atoms with E-state index in [0.29, 0.717) is 5.82 Å². The van der Waals surface area contributed by atoms with Crippen LogP contribution in [0.5, 0.6) is 5.75 Å². The smallest absolute Gasteiger partial charge is 0.311 e. The second-order valence-corrected chi connectivity index (χ2v) is 3.11. The van der Waals surface area contributed by atoms with E-state index in [1.54, 1.807) is 36.0 Å². The number of carboxylic acid groups (broad SMARTS) is 1. The highest BCUT2D eigenvalue weighted by atomic mass is 16.5. The molecule has 0 bridgehead atoms. The summed E-state index contributed by atoms with van der Waals surface area (Å²) >= 11 is 0. The van der Waals surface area contributed by atoms with Crippen molar-refractivity contribution in [1.82, 2.24) is 9.38 Å². The first kappa shape index (κ1) is 9.51. The van der Waals surface area contributed by atoms with E-state index in [-0.39, 0.29) is 6.42 Å². The number of pyridine rings is 1. The molecule has 2 heterocycles. The number of aliphatic carboxylic acids is 1. The van der Waals surface area contributed by atoms with E-state index in [1.165, 1.54) is 0 Å². The molecule has 0 saturated carbocycles. The Kier molecular flexibility index (Phi) is 2.29. The summed E-state index contributed by atoms with van der Waals surface area (Å²) in [7, 11) is 1.58. The van der Waals surface area contributed by atoms with Crippen LogP contribution in [0.3, 0.4) is 0 Å². The van der Waals surface area contributed by atoms with Crippen molar-refractivity contribution >= 4 is 11.5 Å². The zero-order chi connectivity index (χ0) is 10.8. The Balaban J connectivity index is 2.47. The van der Waals surface area contributed by atoms with E-state index in [1.807, 2.05) is 0 Å². The van der Waals surface area contributed by atoms with Gasteiger partial charge in [0.1, 0.15) is 18.0 Å². The van der Waals surface area contributed by atoms with Crippen LogP contribution in [0, 0.1) is 0 Å². The fourth-order valence-corrected chi connectivity index (χ4v) is 1.43. The van der Waals surface area contributed by atoms with Crippen LogP contribution in [0.15, 0.2) is 24.5 Å². The summed E-state index contributed by atoms with van der Waals surface area (Å²) in [6.07, 6.45) is 3.29. The maximum absolute atomic E-state index is 10.6. The third-order valence-electron chi connectivity index (χ3n) is 2.13. The van der Waals surface area contributed by atoms with Crippen molar-refractivity contribution in [3.05, 3.63) is 30.4 Å². The zero-order valence-electron chi connectivity index (χ0n) is 8.17. The number of rotatable bonds is 3. The van der Waals surface area contributed by atoms with Gasteiger partial charge in [0, 0.05) is 12.3 Å². The molecule has 0 aliphatic rings. The van der Waals surface area contributed by atoms with Crippen LogP contribution in [0.25, 0.3) is 5.52 Å². The van der Waals surface area contributed by atoms with Gasteiger partial charge in [0.2, 0.25) is 0 Å². The number of hydrogen-bond acceptors (Lipinski definition) is 3. The highest BCUT2D eigenvalue weighted by Crippen LogP contribution is 2.15. The number of carboxylic acids is 1. The van der Waals surface area contributed by atoms with Crippen LogP contribution in [0.1, 0.15) is 5.82 Å². The molecule has 0 amide bonds. The molecule has 2 rings (SSSR count). The van der Waals surface area contributed by atoms with Gasteiger partial charge in [-0.15, -0.1) is 0 Å². The molecule has 5 heteroatoms. The quantitative estimate of drug-likeness (QED) is 0.812. The van der Waals surface area contributed by atoms with Crippen molar-refractivity contribution in [3.63, 3.8) is 0 Å². The van der Waals surface area contributed by atoms with Crippen molar-refractivity contribution < 1.29 is 14.6 Å². The molecular weight excluding hydrogens is 196 g/mol. The number of nitrogens with zero attached hydrogens (tertiary/aromatic N) is 2.